The third-order valence-corrected chi connectivity index (χ3v) is 28.4. The Morgan fingerprint density at radius 3 is 0.902 bits per heavy atom. The highest BCUT2D eigenvalue weighted by molar-refractivity contribution is 7.19. The second kappa shape index (κ2) is 44.4. The van der Waals surface area contributed by atoms with Crippen molar-refractivity contribution in [2.75, 3.05) is 80.5 Å². The molecule has 5 aliphatic rings. The SMILES string of the molecule is CN1CCC(C(=O)NC(=O)c2c(F)ccc(OCc3nc4cc(C(C)(C)C)cnc4s3)c2F)CC1.CN1CCC(C(=O)NC(=O)c2c(F)ccc(OCc3nc4cc(C(F)(F)C(F)(F)F)cnc4s3)c2F)CC1.CN1CCC(C(=O)NC(=O)c2c(F)ccc(OCc3nc4cc(C5(C(F)(F)F)CC5)cnc4s3)c2F)CC1.Cc1cnc2sc(COc3ccc(F)c(C(=O)NC(=O)C4CCN(C)CC4)c3F)nc2c1. The van der Waals surface area contributed by atoms with Crippen LogP contribution < -0.4 is 40.2 Å². The van der Waals surface area contributed by atoms with Crippen molar-refractivity contribution in [2.45, 2.75) is 147 Å². The summed E-state index contributed by atoms with van der Waals surface area (Å²) < 4.78 is 245. The van der Waals surface area contributed by atoms with Crippen molar-refractivity contribution in [3.8, 4) is 23.0 Å². The van der Waals surface area contributed by atoms with E-state index in [1.54, 1.807) is 6.20 Å². The lowest BCUT2D eigenvalue weighted by Crippen LogP contribution is -2.41. The Bertz CT molecular complexity index is 6610. The molecule has 760 valence electrons. The average molecular weight is 2080 g/mol. The maximum Gasteiger partial charge on any atom is 0.458 e. The van der Waals surface area contributed by atoms with E-state index in [-0.39, 0.29) is 87.8 Å². The molecule has 4 N–H and O–H groups in total. The van der Waals surface area contributed by atoms with Crippen LogP contribution in [0.5, 0.6) is 23.0 Å². The molecule has 143 heavy (non-hydrogen) atoms. The van der Waals surface area contributed by atoms with Crippen molar-refractivity contribution < 1.29 is 128 Å². The summed E-state index contributed by atoms with van der Waals surface area (Å²) in [7, 11) is 7.68. The van der Waals surface area contributed by atoms with Crippen LogP contribution in [-0.4, -0.2) is 200 Å². The fraction of sp³-hybridized carbons (Fsp3) is 0.411. The zero-order valence-electron chi connectivity index (χ0n) is 77.5. The topological polar surface area (TPSA) is 338 Å². The second-order valence-electron chi connectivity index (χ2n) is 36.0. The van der Waals surface area contributed by atoms with Gasteiger partial charge in [-0.25, -0.2) is 75.0 Å². The third kappa shape index (κ3) is 25.3. The summed E-state index contributed by atoms with van der Waals surface area (Å²) in [5.74, 6) is -24.9. The number of aryl methyl sites for hydroxylation is 1. The first-order valence-electron chi connectivity index (χ1n) is 44.7. The quantitative estimate of drug-likeness (QED) is 0.0362. The van der Waals surface area contributed by atoms with Crippen molar-refractivity contribution in [2.24, 2.45) is 23.7 Å². The molecule has 12 heterocycles. The number of rotatable bonds is 22. The predicted molar refractivity (Wildman–Crippen MR) is 494 cm³/mol. The molecule has 0 radical (unpaired) electrons. The molecular weight excluding hydrogens is 1990 g/mol. The zero-order chi connectivity index (χ0) is 103. The fourth-order valence-corrected chi connectivity index (χ4v) is 19.0. The van der Waals surface area contributed by atoms with Gasteiger partial charge in [0, 0.05) is 48.5 Å². The van der Waals surface area contributed by atoms with Gasteiger partial charge in [-0.2, -0.15) is 35.1 Å². The fourth-order valence-electron chi connectivity index (χ4n) is 15.8. The van der Waals surface area contributed by atoms with E-state index in [9.17, 15) is 99.8 Å². The number of likely N-dealkylation sites (tertiary alicyclic amines) is 4. The van der Waals surface area contributed by atoms with Crippen LogP contribution in [0.15, 0.2) is 97.6 Å². The van der Waals surface area contributed by atoms with E-state index in [4.69, 9.17) is 18.9 Å². The average Bonchev–Trinajstić information content (AvgIpc) is 1.57. The van der Waals surface area contributed by atoms with Gasteiger partial charge in [-0.1, -0.05) is 66.1 Å². The lowest BCUT2D eigenvalue weighted by Gasteiger charge is -2.27. The number of aromatic nitrogens is 8. The smallest absolute Gasteiger partial charge is 0.458 e. The van der Waals surface area contributed by atoms with E-state index in [0.717, 1.165) is 118 Å². The molecule has 1 saturated carbocycles. The van der Waals surface area contributed by atoms with Crippen LogP contribution in [0, 0.1) is 77.1 Å². The molecule has 48 heteroatoms. The number of carbonyl (C=O) groups excluding carboxylic acids is 8. The van der Waals surface area contributed by atoms with Crippen LogP contribution in [0.3, 0.4) is 0 Å². The van der Waals surface area contributed by atoms with Crippen molar-refractivity contribution >= 4 is 134 Å². The number of hydrogen-bond donors (Lipinski definition) is 4. The van der Waals surface area contributed by atoms with Gasteiger partial charge in [-0.15, -0.1) is 0 Å². The molecule has 4 saturated heterocycles. The zero-order valence-corrected chi connectivity index (χ0v) is 80.8. The van der Waals surface area contributed by atoms with Gasteiger partial charge in [-0.05, 0) is 247 Å². The molecule has 0 atom stereocenters. The number of hydrogen-bond acceptors (Lipinski definition) is 28. The summed E-state index contributed by atoms with van der Waals surface area (Å²) in [6.07, 6.45) is -0.760. The number of pyridine rings is 4. The minimum Gasteiger partial charge on any atom is -0.483 e. The molecule has 1 aliphatic carbocycles. The van der Waals surface area contributed by atoms with Crippen molar-refractivity contribution in [3.63, 3.8) is 0 Å². The molecule has 0 bridgehead atoms. The molecule has 12 aromatic rings. The van der Waals surface area contributed by atoms with E-state index >= 15 is 8.78 Å². The Hall–Kier alpha value is -12.5. The molecule has 17 rings (SSSR count). The van der Waals surface area contributed by atoms with Crippen LogP contribution in [-0.2, 0) is 62.4 Å². The Balaban J connectivity index is 0.000000152. The molecule has 28 nitrogen and oxygen atoms in total. The van der Waals surface area contributed by atoms with Crippen LogP contribution >= 0.6 is 45.3 Å². The molecule has 8 aromatic heterocycles. The summed E-state index contributed by atoms with van der Waals surface area (Å²) in [6.45, 7) is 12.7. The number of piperidine rings is 4. The molecule has 4 aliphatic heterocycles. The van der Waals surface area contributed by atoms with E-state index in [1.807, 2.05) is 68.6 Å². The van der Waals surface area contributed by atoms with Gasteiger partial charge in [0.25, 0.3) is 23.6 Å². The van der Waals surface area contributed by atoms with Crippen molar-refractivity contribution in [3.05, 3.63) is 209 Å². The highest BCUT2D eigenvalue weighted by atomic mass is 32.1. The third-order valence-electron chi connectivity index (χ3n) is 24.6. The lowest BCUT2D eigenvalue weighted by atomic mass is 9.88. The number of ether oxygens (including phenoxy) is 4. The normalized spacial score (nSPS) is 16.1. The van der Waals surface area contributed by atoms with Gasteiger partial charge in [0.2, 0.25) is 23.6 Å². The maximum absolute atomic E-state index is 15.1. The maximum atomic E-state index is 15.1. The van der Waals surface area contributed by atoms with Gasteiger partial charge in [0.15, 0.2) is 46.3 Å². The number of imide groups is 4. The minimum atomic E-state index is -5.83. The molecular formula is C95H92F16N16O12S4. The Labute approximate surface area is 821 Å². The first-order chi connectivity index (χ1) is 67.6. The number of halogens is 16. The van der Waals surface area contributed by atoms with Crippen molar-refractivity contribution in [1.29, 1.82) is 0 Å². The van der Waals surface area contributed by atoms with E-state index in [1.165, 1.54) is 34.9 Å². The highest BCUT2D eigenvalue weighted by Gasteiger charge is 2.64. The van der Waals surface area contributed by atoms with Crippen molar-refractivity contribution in [1.82, 2.24) is 80.7 Å². The number of fused-ring (bicyclic) bond motifs is 4. The van der Waals surface area contributed by atoms with Crippen LogP contribution in [0.4, 0.5) is 70.2 Å². The Morgan fingerprint density at radius 2 is 0.629 bits per heavy atom. The molecule has 8 amide bonds. The number of amides is 8. The molecule has 4 aromatic carbocycles. The van der Waals surface area contributed by atoms with Gasteiger partial charge >= 0.3 is 18.3 Å². The van der Waals surface area contributed by atoms with Crippen LogP contribution in [0.2, 0.25) is 0 Å². The van der Waals surface area contributed by atoms with Crippen LogP contribution in [0.25, 0.3) is 41.4 Å². The predicted octanol–water partition coefficient (Wildman–Crippen LogP) is 17.4. The lowest BCUT2D eigenvalue weighted by molar-refractivity contribution is -0.289. The summed E-state index contributed by atoms with van der Waals surface area (Å²) in [4.78, 5) is 143. The number of nitrogens with one attached hydrogen (secondary N) is 4. The van der Waals surface area contributed by atoms with Gasteiger partial charge < -0.3 is 38.5 Å². The van der Waals surface area contributed by atoms with Gasteiger partial charge in [-0.3, -0.25) is 59.6 Å². The van der Waals surface area contributed by atoms with Crippen LogP contribution in [0.1, 0.15) is 169 Å². The number of carbonyl (C=O) groups is 8. The molecule has 0 unspecified atom stereocenters. The largest absolute Gasteiger partial charge is 0.483 e. The summed E-state index contributed by atoms with van der Waals surface area (Å²) in [5.41, 5.74) is -3.56. The van der Waals surface area contributed by atoms with E-state index in [2.05, 4.69) is 86.4 Å². The Morgan fingerprint density at radius 1 is 0.371 bits per heavy atom. The summed E-state index contributed by atoms with van der Waals surface area (Å²) in [6, 6.07) is 13.4. The first-order valence-corrected chi connectivity index (χ1v) is 48.0. The van der Waals surface area contributed by atoms with Gasteiger partial charge in [0.05, 0.1) is 11.0 Å². The standard InChI is InChI=1S/C25H23F5N4O3S.C25H28F2N4O3S.C23H19F7N4O3S.C22H22F2N4O3S/c1-34-8-4-13(5-9-34)21(35)33-22(36)19-15(26)2-3-17(20(19)27)37-12-18-32-16-10-14(11-31-23(16)38-18)24(6-7-24)25(28,29)30;1-25(2,3)15-11-17-24(28-12-15)35-19(29-17)13-34-18-6-5-16(26)20(21(18)27)23(33)30-22(32)14-7-9-31(4)10-8-14;1-34-6-4-11(5-7-34)19(35)33-20(36)17-13(24)2-3-15(18(17)25)37-10-16-32-14-8-12(9-31-21(14)38-16)22(26,27)23(28,29)30;1-12-9-15-22(25-10-12)32-17(26-15)11-31-16-4-3-14(23)18(19(16)24)21(30)27-20(29)13-5-7-28(2)8-6-13/h2-3,10-11,13H,4-9,12H2,1H3,(H,33,35,36);5-6,11-12,14H,7-10,13H2,1-4H3,(H,30,32,33);2-3,8-9,11H,4-7,10H2,1H3,(H,33,35,36);3-4,9-10,13H,5-8,11H2,1-2H3,(H,27,29,30). The first kappa shape index (κ1) is 106. The molecule has 0 spiro atoms. The van der Waals surface area contributed by atoms with Gasteiger partial charge in [0.1, 0.15) is 133 Å². The van der Waals surface area contributed by atoms with E-state index in [0.29, 0.717) is 121 Å². The summed E-state index contributed by atoms with van der Waals surface area (Å²) in [5, 5.41) is 9.84. The number of nitrogens with zero attached hydrogens (tertiary/aromatic N) is 12. The monoisotopic (exact) mass is 2080 g/mol. The second-order valence-corrected chi connectivity index (χ2v) is 40.2. The number of alkyl halides is 8. The summed E-state index contributed by atoms with van der Waals surface area (Å²) >= 11 is 4.45. The number of benzene rings is 4. The minimum absolute atomic E-state index is 0.00680. The van der Waals surface area contributed by atoms with E-state index < -0.39 is 175 Å². The molecule has 5 fully saturated rings. The number of thiazole rings is 4. The highest BCUT2D eigenvalue weighted by Crippen LogP contribution is 2.59. The Kier molecular flexibility index (Phi) is 33.0.